The summed E-state index contributed by atoms with van der Waals surface area (Å²) < 4.78 is 0. The van der Waals surface area contributed by atoms with Gasteiger partial charge >= 0.3 is 0 Å². The van der Waals surface area contributed by atoms with Crippen molar-refractivity contribution in [2.75, 3.05) is 0 Å². The molecule has 0 aliphatic heterocycles. The summed E-state index contributed by atoms with van der Waals surface area (Å²) in [6, 6.07) is 0. The topological polar surface area (TPSA) is 0 Å². The van der Waals surface area contributed by atoms with Crippen LogP contribution in [0.5, 0.6) is 0 Å². The van der Waals surface area contributed by atoms with Gasteiger partial charge in [0, 0.05) is 0 Å². The van der Waals surface area contributed by atoms with E-state index in [1.165, 1.54) is 47.3 Å². The predicted octanol–water partition coefficient (Wildman–Crippen LogP) is 3.32. The fraction of sp³-hybridized carbons (Fsp3) is 1.00. The van der Waals surface area contributed by atoms with Gasteiger partial charge < -0.3 is 0 Å². The van der Waals surface area contributed by atoms with Crippen LogP contribution in [-0.4, -0.2) is 0 Å². The van der Waals surface area contributed by atoms with E-state index < -0.39 is 0 Å². The van der Waals surface area contributed by atoms with E-state index in [1.807, 2.05) is 0 Å². The van der Waals surface area contributed by atoms with E-state index in [-0.39, 0.29) is 0 Å². The fourth-order valence-corrected chi connectivity index (χ4v) is 7.00. The number of fused-ring (bicyclic) bond motifs is 8. The minimum atomic E-state index is 1.19. The third-order valence-corrected chi connectivity index (χ3v) is 6.95. The summed E-state index contributed by atoms with van der Waals surface area (Å²) in [5.41, 5.74) is 0. The van der Waals surface area contributed by atoms with Crippen molar-refractivity contribution >= 4 is 0 Å². The van der Waals surface area contributed by atoms with Crippen LogP contribution in [0.1, 0.15) is 38.5 Å². The quantitative estimate of drug-likeness (QED) is 0.547. The molecule has 5 fully saturated rings. The SMILES string of the molecule is C1CC2CC1C1C3CC4CC3C(C4)C21. The average Bonchev–Trinajstić information content (AvgIpc) is 2.89. The van der Waals surface area contributed by atoms with Crippen molar-refractivity contribution in [3.63, 3.8) is 0 Å². The Morgan fingerprint density at radius 2 is 1.14 bits per heavy atom. The van der Waals surface area contributed by atoms with Gasteiger partial charge in [-0.05, 0) is 85.9 Å². The lowest BCUT2D eigenvalue weighted by Crippen LogP contribution is -2.22. The zero-order valence-corrected chi connectivity index (χ0v) is 8.86. The normalized spacial score (nSPS) is 72.0. The molecule has 4 bridgehead atoms. The van der Waals surface area contributed by atoms with Gasteiger partial charge in [0.05, 0.1) is 0 Å². The second-order valence-electron chi connectivity index (χ2n) is 7.05. The molecular weight excluding hydrogens is 168 g/mol. The van der Waals surface area contributed by atoms with E-state index >= 15 is 0 Å². The van der Waals surface area contributed by atoms with E-state index in [1.54, 1.807) is 38.5 Å². The molecule has 0 aromatic rings. The van der Waals surface area contributed by atoms with E-state index in [0.717, 1.165) is 0 Å². The first-order valence-electron chi connectivity index (χ1n) is 6.92. The van der Waals surface area contributed by atoms with Crippen molar-refractivity contribution in [3.05, 3.63) is 0 Å². The first-order chi connectivity index (χ1) is 6.92. The van der Waals surface area contributed by atoms with E-state index in [4.69, 9.17) is 0 Å². The van der Waals surface area contributed by atoms with Crippen LogP contribution in [0.4, 0.5) is 0 Å². The molecule has 5 saturated carbocycles. The van der Waals surface area contributed by atoms with Crippen LogP contribution in [-0.2, 0) is 0 Å². The molecule has 0 heterocycles. The Bertz CT molecular complexity index is 268. The summed E-state index contributed by atoms with van der Waals surface area (Å²) in [4.78, 5) is 0. The highest BCUT2D eigenvalue weighted by Gasteiger charge is 2.65. The second kappa shape index (κ2) is 2.08. The van der Waals surface area contributed by atoms with Gasteiger partial charge in [-0.2, -0.15) is 0 Å². The monoisotopic (exact) mass is 188 g/mol. The van der Waals surface area contributed by atoms with Crippen molar-refractivity contribution in [2.45, 2.75) is 38.5 Å². The molecule has 5 aliphatic rings. The Balaban J connectivity index is 1.65. The summed E-state index contributed by atoms with van der Waals surface area (Å²) in [6.07, 6.45) is 9.86. The highest BCUT2D eigenvalue weighted by molar-refractivity contribution is 5.14. The minimum Gasteiger partial charge on any atom is -0.0499 e. The Hall–Kier alpha value is 0. The molecule has 0 N–H and O–H groups in total. The molecule has 0 radical (unpaired) electrons. The van der Waals surface area contributed by atoms with E-state index in [9.17, 15) is 0 Å². The second-order valence-corrected chi connectivity index (χ2v) is 7.05. The van der Waals surface area contributed by atoms with Crippen molar-refractivity contribution < 1.29 is 0 Å². The van der Waals surface area contributed by atoms with Crippen LogP contribution in [0, 0.1) is 47.3 Å². The smallest absolute Gasteiger partial charge is 0.0321 e. The van der Waals surface area contributed by atoms with Gasteiger partial charge in [-0.25, -0.2) is 0 Å². The fourth-order valence-electron chi connectivity index (χ4n) is 7.00. The summed E-state index contributed by atoms with van der Waals surface area (Å²) in [5, 5.41) is 0. The largest absolute Gasteiger partial charge is 0.0499 e. The number of rotatable bonds is 0. The van der Waals surface area contributed by atoms with Crippen LogP contribution in [0.3, 0.4) is 0 Å². The molecule has 14 heavy (non-hydrogen) atoms. The molecule has 0 spiro atoms. The maximum Gasteiger partial charge on any atom is -0.0321 e. The summed E-state index contributed by atoms with van der Waals surface area (Å²) in [7, 11) is 0. The zero-order chi connectivity index (χ0) is 8.86. The first-order valence-corrected chi connectivity index (χ1v) is 6.92. The third-order valence-electron chi connectivity index (χ3n) is 6.95. The average molecular weight is 188 g/mol. The van der Waals surface area contributed by atoms with Gasteiger partial charge in [0.1, 0.15) is 0 Å². The molecule has 0 aromatic carbocycles. The predicted molar refractivity (Wildman–Crippen MR) is 55.6 cm³/mol. The molecule has 5 rings (SSSR count). The van der Waals surface area contributed by atoms with Crippen LogP contribution >= 0.6 is 0 Å². The Kier molecular flexibility index (Phi) is 1.08. The lowest BCUT2D eigenvalue weighted by Gasteiger charge is -2.28. The van der Waals surface area contributed by atoms with Crippen molar-refractivity contribution in [3.8, 4) is 0 Å². The molecule has 0 nitrogen and oxygen atoms in total. The van der Waals surface area contributed by atoms with Gasteiger partial charge in [-0.3, -0.25) is 0 Å². The maximum absolute atomic E-state index is 1.66. The number of hydrogen-bond donors (Lipinski definition) is 0. The molecule has 6 unspecified atom stereocenters. The number of hydrogen-bond acceptors (Lipinski definition) is 0. The van der Waals surface area contributed by atoms with Gasteiger partial charge in [0.25, 0.3) is 0 Å². The Morgan fingerprint density at radius 3 is 1.71 bits per heavy atom. The molecule has 5 aliphatic carbocycles. The highest BCUT2D eigenvalue weighted by atomic mass is 14.7. The summed E-state index contributed by atoms with van der Waals surface area (Å²) >= 11 is 0. The Labute approximate surface area is 86.5 Å². The molecule has 0 heteroatoms. The van der Waals surface area contributed by atoms with E-state index in [0.29, 0.717) is 0 Å². The van der Waals surface area contributed by atoms with Gasteiger partial charge in [-0.15, -0.1) is 0 Å². The third kappa shape index (κ3) is 0.605. The molecule has 0 amide bonds. The standard InChI is InChI=1S/C14H20/c1-2-9-6-8(1)13-11-4-7-3-10(11)12(5-7)14(9)13/h7-14H,1-6H2. The molecular formula is C14H20. The van der Waals surface area contributed by atoms with E-state index in [2.05, 4.69) is 0 Å². The molecule has 6 atom stereocenters. The van der Waals surface area contributed by atoms with Crippen LogP contribution in [0.25, 0.3) is 0 Å². The lowest BCUT2D eigenvalue weighted by atomic mass is 9.77. The van der Waals surface area contributed by atoms with Crippen LogP contribution in [0.15, 0.2) is 0 Å². The highest BCUT2D eigenvalue weighted by Crippen LogP contribution is 2.73. The maximum atomic E-state index is 1.66. The van der Waals surface area contributed by atoms with Crippen molar-refractivity contribution in [2.24, 2.45) is 47.3 Å². The van der Waals surface area contributed by atoms with Crippen molar-refractivity contribution in [1.82, 2.24) is 0 Å². The minimum absolute atomic E-state index is 1.19. The Morgan fingerprint density at radius 1 is 0.571 bits per heavy atom. The molecule has 76 valence electrons. The summed E-state index contributed by atoms with van der Waals surface area (Å²) in [6.45, 7) is 0. The van der Waals surface area contributed by atoms with Crippen molar-refractivity contribution in [1.29, 1.82) is 0 Å². The molecule has 0 aromatic heterocycles. The van der Waals surface area contributed by atoms with Gasteiger partial charge in [-0.1, -0.05) is 0 Å². The van der Waals surface area contributed by atoms with Crippen LogP contribution in [0.2, 0.25) is 0 Å². The first kappa shape index (κ1) is 7.30. The lowest BCUT2D eigenvalue weighted by molar-refractivity contribution is 0.199. The van der Waals surface area contributed by atoms with Gasteiger partial charge in [0.2, 0.25) is 0 Å². The van der Waals surface area contributed by atoms with Gasteiger partial charge in [0.15, 0.2) is 0 Å². The zero-order valence-electron chi connectivity index (χ0n) is 8.86. The molecule has 0 saturated heterocycles. The van der Waals surface area contributed by atoms with Crippen LogP contribution < -0.4 is 0 Å². The summed E-state index contributed by atoms with van der Waals surface area (Å²) in [5.74, 6) is 9.81.